The van der Waals surface area contributed by atoms with Gasteiger partial charge in [0.25, 0.3) is 0 Å². The number of hydrogen-bond donors (Lipinski definition) is 1. The minimum atomic E-state index is 0.676. The Kier molecular flexibility index (Phi) is 3.50. The smallest absolute Gasteiger partial charge is 0.195 e. The van der Waals surface area contributed by atoms with Gasteiger partial charge >= 0.3 is 0 Å². The van der Waals surface area contributed by atoms with Crippen LogP contribution < -0.4 is 10.2 Å². The second-order valence-corrected chi connectivity index (χ2v) is 6.68. The van der Waals surface area contributed by atoms with Crippen LogP contribution in [0, 0.1) is 5.92 Å². The summed E-state index contributed by atoms with van der Waals surface area (Å²) >= 11 is 1.71. The number of nitrogens with zero attached hydrogens (tertiary/aromatic N) is 3. The van der Waals surface area contributed by atoms with Crippen molar-refractivity contribution in [3.8, 4) is 0 Å². The molecular formula is C14H22N4S. The van der Waals surface area contributed by atoms with Gasteiger partial charge in [-0.2, -0.15) is 0 Å². The maximum Gasteiger partial charge on any atom is 0.195 e. The molecule has 2 aromatic heterocycles. The van der Waals surface area contributed by atoms with E-state index in [1.54, 1.807) is 11.3 Å². The number of nitrogens with one attached hydrogen (secondary N) is 1. The third-order valence-electron chi connectivity index (χ3n) is 3.61. The number of rotatable bonds is 6. The first-order chi connectivity index (χ1) is 9.16. The quantitative estimate of drug-likeness (QED) is 0.882. The molecule has 1 aliphatic rings. The molecule has 1 N–H and O–H groups in total. The van der Waals surface area contributed by atoms with Crippen LogP contribution in [0.2, 0.25) is 0 Å². The minimum Gasteiger partial charge on any atom is -0.355 e. The van der Waals surface area contributed by atoms with E-state index in [2.05, 4.69) is 47.1 Å². The SMILES string of the molecule is CC(C)CNCc1c(N(C)C2CC2)nc2sccn12. The van der Waals surface area contributed by atoms with E-state index in [-0.39, 0.29) is 0 Å². The predicted octanol–water partition coefficient (Wildman–Crippen LogP) is 2.74. The van der Waals surface area contributed by atoms with Gasteiger partial charge < -0.3 is 10.2 Å². The average molecular weight is 278 g/mol. The van der Waals surface area contributed by atoms with Gasteiger partial charge in [-0.1, -0.05) is 13.8 Å². The van der Waals surface area contributed by atoms with Gasteiger partial charge in [0.1, 0.15) is 0 Å². The highest BCUT2D eigenvalue weighted by atomic mass is 32.1. The first-order valence-electron chi connectivity index (χ1n) is 7.04. The molecule has 0 saturated heterocycles. The molecule has 0 radical (unpaired) electrons. The second-order valence-electron chi connectivity index (χ2n) is 5.80. The zero-order valence-corrected chi connectivity index (χ0v) is 12.7. The standard InChI is InChI=1S/C14H22N4S/c1-10(2)8-15-9-12-13(17(3)11-4-5-11)16-14-18(12)6-7-19-14/h6-7,10-11,15H,4-5,8-9H2,1-3H3. The molecule has 1 saturated carbocycles. The molecule has 3 rings (SSSR count). The topological polar surface area (TPSA) is 32.6 Å². The number of fused-ring (bicyclic) bond motifs is 1. The summed E-state index contributed by atoms with van der Waals surface area (Å²) in [5, 5.41) is 5.65. The molecule has 0 atom stereocenters. The third-order valence-corrected chi connectivity index (χ3v) is 4.37. The van der Waals surface area contributed by atoms with Crippen LogP contribution >= 0.6 is 11.3 Å². The summed E-state index contributed by atoms with van der Waals surface area (Å²) in [6.07, 6.45) is 4.74. The fourth-order valence-electron chi connectivity index (χ4n) is 2.38. The molecule has 104 valence electrons. The summed E-state index contributed by atoms with van der Waals surface area (Å²) in [7, 11) is 2.18. The first kappa shape index (κ1) is 12.9. The molecule has 0 bridgehead atoms. The van der Waals surface area contributed by atoms with Crippen LogP contribution in [0.25, 0.3) is 4.96 Å². The largest absolute Gasteiger partial charge is 0.355 e. The minimum absolute atomic E-state index is 0.676. The molecule has 1 fully saturated rings. The molecule has 0 spiro atoms. The third kappa shape index (κ3) is 2.62. The van der Waals surface area contributed by atoms with Crippen molar-refractivity contribution in [2.75, 3.05) is 18.5 Å². The van der Waals surface area contributed by atoms with E-state index >= 15 is 0 Å². The predicted molar refractivity (Wildman–Crippen MR) is 81.0 cm³/mol. The molecule has 0 amide bonds. The van der Waals surface area contributed by atoms with Crippen molar-refractivity contribution in [3.63, 3.8) is 0 Å². The van der Waals surface area contributed by atoms with Crippen molar-refractivity contribution in [3.05, 3.63) is 17.3 Å². The maximum absolute atomic E-state index is 4.80. The Morgan fingerprint density at radius 2 is 2.32 bits per heavy atom. The van der Waals surface area contributed by atoms with Gasteiger partial charge in [-0.3, -0.25) is 4.40 Å². The molecule has 2 aromatic rings. The highest BCUT2D eigenvalue weighted by Crippen LogP contribution is 2.33. The lowest BCUT2D eigenvalue weighted by Crippen LogP contribution is -2.25. The number of anilines is 1. The van der Waals surface area contributed by atoms with Crippen LogP contribution in [0.15, 0.2) is 11.6 Å². The van der Waals surface area contributed by atoms with E-state index in [9.17, 15) is 0 Å². The van der Waals surface area contributed by atoms with Crippen molar-refractivity contribution >= 4 is 22.1 Å². The van der Waals surface area contributed by atoms with E-state index < -0.39 is 0 Å². The number of aromatic nitrogens is 2. The van der Waals surface area contributed by atoms with Crippen molar-refractivity contribution in [1.82, 2.24) is 14.7 Å². The first-order valence-corrected chi connectivity index (χ1v) is 7.92. The molecule has 0 aliphatic heterocycles. The lowest BCUT2D eigenvalue weighted by molar-refractivity contribution is 0.547. The van der Waals surface area contributed by atoms with Crippen LogP contribution in [0.3, 0.4) is 0 Å². The van der Waals surface area contributed by atoms with Crippen molar-refractivity contribution in [1.29, 1.82) is 0 Å². The molecule has 0 aromatic carbocycles. The monoisotopic (exact) mass is 278 g/mol. The zero-order chi connectivity index (χ0) is 13.4. The lowest BCUT2D eigenvalue weighted by Gasteiger charge is -2.18. The van der Waals surface area contributed by atoms with Gasteiger partial charge in [-0.25, -0.2) is 4.98 Å². The normalized spacial score (nSPS) is 15.6. The molecule has 0 unspecified atom stereocenters. The highest BCUT2D eigenvalue weighted by Gasteiger charge is 2.30. The van der Waals surface area contributed by atoms with E-state index in [1.165, 1.54) is 18.5 Å². The van der Waals surface area contributed by atoms with Crippen LogP contribution in [0.5, 0.6) is 0 Å². The molecule has 1 aliphatic carbocycles. The molecule has 19 heavy (non-hydrogen) atoms. The van der Waals surface area contributed by atoms with Gasteiger partial charge in [0.2, 0.25) is 0 Å². The molecule has 4 nitrogen and oxygen atoms in total. The van der Waals surface area contributed by atoms with Crippen LogP contribution in [-0.2, 0) is 6.54 Å². The second kappa shape index (κ2) is 5.13. The van der Waals surface area contributed by atoms with Gasteiger partial charge in [-0.05, 0) is 25.3 Å². The molecule has 5 heteroatoms. The zero-order valence-electron chi connectivity index (χ0n) is 11.9. The summed E-state index contributed by atoms with van der Waals surface area (Å²) in [6.45, 7) is 6.41. The fraction of sp³-hybridized carbons (Fsp3) is 0.643. The van der Waals surface area contributed by atoms with Crippen LogP contribution in [0.4, 0.5) is 5.82 Å². The van der Waals surface area contributed by atoms with E-state index in [0.29, 0.717) is 12.0 Å². The van der Waals surface area contributed by atoms with Crippen molar-refractivity contribution < 1.29 is 0 Å². The van der Waals surface area contributed by atoms with Crippen LogP contribution in [0.1, 0.15) is 32.4 Å². The summed E-state index contributed by atoms with van der Waals surface area (Å²) in [4.78, 5) is 8.25. The van der Waals surface area contributed by atoms with Crippen LogP contribution in [-0.4, -0.2) is 29.0 Å². The lowest BCUT2D eigenvalue weighted by atomic mass is 10.2. The Hall–Kier alpha value is -1.07. The van der Waals surface area contributed by atoms with E-state index in [1.807, 2.05) is 0 Å². The van der Waals surface area contributed by atoms with Gasteiger partial charge in [0.05, 0.1) is 5.69 Å². The number of thiazole rings is 1. The molecular weight excluding hydrogens is 256 g/mol. The number of imidazole rings is 1. The van der Waals surface area contributed by atoms with Crippen molar-refractivity contribution in [2.45, 2.75) is 39.3 Å². The van der Waals surface area contributed by atoms with E-state index in [0.717, 1.165) is 23.9 Å². The Morgan fingerprint density at radius 1 is 1.53 bits per heavy atom. The van der Waals surface area contributed by atoms with Crippen molar-refractivity contribution in [2.24, 2.45) is 5.92 Å². The highest BCUT2D eigenvalue weighted by molar-refractivity contribution is 7.15. The summed E-state index contributed by atoms with van der Waals surface area (Å²) in [5.41, 5.74) is 1.30. The Balaban J connectivity index is 1.85. The molecule has 2 heterocycles. The Labute approximate surface area is 118 Å². The van der Waals surface area contributed by atoms with Gasteiger partial charge in [-0.15, -0.1) is 11.3 Å². The average Bonchev–Trinajstić information content (AvgIpc) is 3.02. The summed E-state index contributed by atoms with van der Waals surface area (Å²) in [6, 6.07) is 0.702. The number of hydrogen-bond acceptors (Lipinski definition) is 4. The summed E-state index contributed by atoms with van der Waals surface area (Å²) < 4.78 is 2.23. The fourth-order valence-corrected chi connectivity index (χ4v) is 3.11. The summed E-state index contributed by atoms with van der Waals surface area (Å²) in [5.74, 6) is 1.83. The van der Waals surface area contributed by atoms with Gasteiger partial charge in [0, 0.05) is 31.2 Å². The Morgan fingerprint density at radius 3 is 3.00 bits per heavy atom. The maximum atomic E-state index is 4.80. The Bertz CT molecular complexity index is 553. The van der Waals surface area contributed by atoms with E-state index in [4.69, 9.17) is 4.98 Å². The van der Waals surface area contributed by atoms with Gasteiger partial charge in [0.15, 0.2) is 10.8 Å².